The van der Waals surface area contributed by atoms with Crippen LogP contribution in [0, 0.1) is 5.41 Å². The quantitative estimate of drug-likeness (QED) is 0.573. The first-order chi connectivity index (χ1) is 5.91. The summed E-state index contributed by atoms with van der Waals surface area (Å²) in [4.78, 5) is 10.8. The van der Waals surface area contributed by atoms with Gasteiger partial charge in [0.2, 0.25) is 5.91 Å². The summed E-state index contributed by atoms with van der Waals surface area (Å²) in [6.45, 7) is 6.59. The summed E-state index contributed by atoms with van der Waals surface area (Å²) in [5.74, 6) is 0.0306. The molecule has 0 saturated carbocycles. The molecule has 0 aromatic rings. The molecule has 1 aliphatic heterocycles. The topological polar surface area (TPSA) is 53.2 Å². The second kappa shape index (κ2) is 3.48. The zero-order chi connectivity index (χ0) is 10.1. The molecule has 1 atom stereocenters. The van der Waals surface area contributed by atoms with E-state index in [1.807, 2.05) is 6.26 Å². The highest BCUT2D eigenvalue weighted by Gasteiger charge is 2.44. The molecule has 4 nitrogen and oxygen atoms in total. The largest absolute Gasteiger partial charge is 0.327 e. The van der Waals surface area contributed by atoms with Crippen molar-refractivity contribution in [2.75, 3.05) is 12.8 Å². The van der Waals surface area contributed by atoms with Crippen LogP contribution in [0.4, 0.5) is 0 Å². The second-order valence-electron chi connectivity index (χ2n) is 4.16. The van der Waals surface area contributed by atoms with Crippen molar-refractivity contribution in [2.45, 2.75) is 25.8 Å². The van der Waals surface area contributed by atoms with Crippen molar-refractivity contribution in [3.05, 3.63) is 0 Å². The molecule has 13 heavy (non-hydrogen) atoms. The van der Waals surface area contributed by atoms with Crippen LogP contribution in [0.3, 0.4) is 0 Å². The fourth-order valence-corrected chi connectivity index (χ4v) is 2.31. The number of hydrazine groups is 1. The number of nitrogens with one attached hydrogen (secondary N) is 3. The maximum Gasteiger partial charge on any atom is 0.237 e. The zero-order valence-corrected chi connectivity index (χ0v) is 9.34. The number of carbonyl (C=O) groups excluding carboxylic acids is 1. The Morgan fingerprint density at radius 1 is 1.46 bits per heavy atom. The minimum Gasteiger partial charge on any atom is -0.327 e. The third-order valence-electron chi connectivity index (χ3n) is 2.19. The van der Waals surface area contributed by atoms with Crippen molar-refractivity contribution in [2.24, 2.45) is 5.41 Å². The first-order valence-electron chi connectivity index (χ1n) is 4.27. The van der Waals surface area contributed by atoms with Crippen molar-refractivity contribution in [1.82, 2.24) is 16.2 Å². The van der Waals surface area contributed by atoms with Gasteiger partial charge in [-0.05, 0) is 6.26 Å². The summed E-state index contributed by atoms with van der Waals surface area (Å²) in [6.07, 6.45) is 1.98. The van der Waals surface area contributed by atoms with E-state index in [1.165, 1.54) is 0 Å². The maximum absolute atomic E-state index is 11.3. The van der Waals surface area contributed by atoms with Crippen molar-refractivity contribution in [1.29, 1.82) is 0 Å². The van der Waals surface area contributed by atoms with Gasteiger partial charge in [-0.3, -0.25) is 4.79 Å². The number of hydrogen-bond donors (Lipinski definition) is 3. The molecular formula is C8H17N3OS. The maximum atomic E-state index is 11.3. The molecule has 0 aromatic heterocycles. The van der Waals surface area contributed by atoms with E-state index in [4.69, 9.17) is 0 Å². The fourth-order valence-electron chi connectivity index (χ4n) is 1.30. The molecular weight excluding hydrogens is 186 g/mol. The van der Waals surface area contributed by atoms with Gasteiger partial charge in [-0.1, -0.05) is 20.8 Å². The van der Waals surface area contributed by atoms with E-state index in [9.17, 15) is 4.79 Å². The Morgan fingerprint density at radius 2 is 2.08 bits per heavy atom. The number of rotatable bonds is 1. The van der Waals surface area contributed by atoms with E-state index >= 15 is 0 Å². The van der Waals surface area contributed by atoms with Crippen LogP contribution in [0.25, 0.3) is 0 Å². The lowest BCUT2D eigenvalue weighted by Gasteiger charge is -2.46. The summed E-state index contributed by atoms with van der Waals surface area (Å²) >= 11 is 1.60. The molecule has 3 N–H and O–H groups in total. The van der Waals surface area contributed by atoms with E-state index in [2.05, 4.69) is 36.9 Å². The van der Waals surface area contributed by atoms with Crippen molar-refractivity contribution >= 4 is 17.7 Å². The summed E-state index contributed by atoms with van der Waals surface area (Å²) in [5, 5.41) is 2.97. The molecule has 0 bridgehead atoms. The minimum atomic E-state index is -0.414. The first kappa shape index (κ1) is 10.8. The Bertz CT molecular complexity index is 214. The van der Waals surface area contributed by atoms with Crippen LogP contribution in [-0.2, 0) is 4.79 Å². The van der Waals surface area contributed by atoms with Crippen LogP contribution in [0.15, 0.2) is 0 Å². The molecule has 1 fully saturated rings. The Hall–Kier alpha value is -0.260. The van der Waals surface area contributed by atoms with E-state index in [0.29, 0.717) is 6.54 Å². The zero-order valence-electron chi connectivity index (χ0n) is 8.52. The molecule has 1 aliphatic rings. The van der Waals surface area contributed by atoms with Gasteiger partial charge in [0.25, 0.3) is 0 Å². The average Bonchev–Trinajstić information content (AvgIpc) is 2.02. The number of thioether (sulfide) groups is 1. The Kier molecular flexibility index (Phi) is 2.89. The van der Waals surface area contributed by atoms with Crippen LogP contribution in [0.5, 0.6) is 0 Å². The lowest BCUT2D eigenvalue weighted by atomic mass is 9.91. The summed E-state index contributed by atoms with van der Waals surface area (Å²) < 4.78 is 0. The number of hydrogen-bond acceptors (Lipinski definition) is 4. The van der Waals surface area contributed by atoms with Crippen LogP contribution in [0.1, 0.15) is 20.8 Å². The van der Waals surface area contributed by atoms with Gasteiger partial charge in [0, 0.05) is 5.41 Å². The molecule has 76 valence electrons. The van der Waals surface area contributed by atoms with Gasteiger partial charge < -0.3 is 5.32 Å². The SMILES string of the molecule is CSC1(C(C)(C)C)NNCC(=O)N1. The Morgan fingerprint density at radius 3 is 2.38 bits per heavy atom. The molecule has 1 heterocycles. The molecule has 0 aromatic carbocycles. The molecule has 1 saturated heterocycles. The highest BCUT2D eigenvalue weighted by molar-refractivity contribution is 7.99. The van der Waals surface area contributed by atoms with E-state index in [1.54, 1.807) is 11.8 Å². The van der Waals surface area contributed by atoms with Gasteiger partial charge >= 0.3 is 0 Å². The highest BCUT2D eigenvalue weighted by atomic mass is 32.2. The summed E-state index contributed by atoms with van der Waals surface area (Å²) in [7, 11) is 0. The fraction of sp³-hybridized carbons (Fsp3) is 0.875. The number of amides is 1. The number of carbonyl (C=O) groups is 1. The summed E-state index contributed by atoms with van der Waals surface area (Å²) in [6, 6.07) is 0. The molecule has 5 heteroatoms. The van der Waals surface area contributed by atoms with Crippen LogP contribution < -0.4 is 16.2 Å². The van der Waals surface area contributed by atoms with Crippen molar-refractivity contribution in [3.63, 3.8) is 0 Å². The van der Waals surface area contributed by atoms with E-state index in [-0.39, 0.29) is 11.3 Å². The monoisotopic (exact) mass is 203 g/mol. The molecule has 0 radical (unpaired) electrons. The van der Waals surface area contributed by atoms with Crippen LogP contribution >= 0.6 is 11.8 Å². The van der Waals surface area contributed by atoms with Crippen LogP contribution in [-0.4, -0.2) is 23.7 Å². The van der Waals surface area contributed by atoms with Gasteiger partial charge in [-0.25, -0.2) is 10.9 Å². The summed E-state index contributed by atoms with van der Waals surface area (Å²) in [5.41, 5.74) is 5.99. The lowest BCUT2D eigenvalue weighted by molar-refractivity contribution is -0.125. The second-order valence-corrected chi connectivity index (χ2v) is 5.18. The average molecular weight is 203 g/mol. The third-order valence-corrected chi connectivity index (χ3v) is 3.62. The lowest BCUT2D eigenvalue weighted by Crippen LogP contribution is -2.72. The van der Waals surface area contributed by atoms with Crippen molar-refractivity contribution < 1.29 is 4.79 Å². The Labute approximate surface area is 83.2 Å². The first-order valence-corrected chi connectivity index (χ1v) is 5.50. The smallest absolute Gasteiger partial charge is 0.237 e. The van der Waals surface area contributed by atoms with Gasteiger partial charge in [0.15, 0.2) is 4.99 Å². The highest BCUT2D eigenvalue weighted by Crippen LogP contribution is 2.36. The van der Waals surface area contributed by atoms with Gasteiger partial charge in [0.05, 0.1) is 6.54 Å². The molecule has 0 aliphatic carbocycles. The molecule has 1 amide bonds. The van der Waals surface area contributed by atoms with Crippen molar-refractivity contribution in [3.8, 4) is 0 Å². The molecule has 0 spiro atoms. The van der Waals surface area contributed by atoms with E-state index in [0.717, 1.165) is 0 Å². The minimum absolute atomic E-state index is 0.0306. The van der Waals surface area contributed by atoms with Gasteiger partial charge in [0.1, 0.15) is 0 Å². The van der Waals surface area contributed by atoms with Gasteiger partial charge in [-0.15, -0.1) is 11.8 Å². The Balaban J connectivity index is 2.86. The normalized spacial score (nSPS) is 30.0. The van der Waals surface area contributed by atoms with Gasteiger partial charge in [-0.2, -0.15) is 0 Å². The predicted molar refractivity (Wildman–Crippen MR) is 55.0 cm³/mol. The van der Waals surface area contributed by atoms with E-state index < -0.39 is 4.99 Å². The molecule has 1 unspecified atom stereocenters. The third kappa shape index (κ3) is 1.98. The standard InChI is InChI=1S/C8H17N3OS/c1-7(2,3)8(13-4)10-6(12)5-9-11-8/h9,11H,5H2,1-4H3,(H,10,12). The van der Waals surface area contributed by atoms with Crippen LogP contribution in [0.2, 0.25) is 0 Å². The molecule has 1 rings (SSSR count). The predicted octanol–water partition coefficient (Wildman–Crippen LogP) is 0.273.